The van der Waals surface area contributed by atoms with Gasteiger partial charge in [0.15, 0.2) is 0 Å². The van der Waals surface area contributed by atoms with E-state index in [4.69, 9.17) is 10.8 Å². The van der Waals surface area contributed by atoms with Gasteiger partial charge in [-0.3, -0.25) is 0 Å². The molecule has 0 amide bonds. The van der Waals surface area contributed by atoms with Crippen LogP contribution in [0.5, 0.6) is 0 Å². The minimum Gasteiger partial charge on any atom is -0.395 e. The molecule has 0 aromatic heterocycles. The molecule has 0 bridgehead atoms. The maximum Gasteiger partial charge on any atom is 0.0599 e. The lowest BCUT2D eigenvalue weighted by Gasteiger charge is -2.22. The molecule has 0 aliphatic rings. The van der Waals surface area contributed by atoms with Crippen LogP contribution in [0.3, 0.4) is 0 Å². The maximum atomic E-state index is 9.16. The Balaban J connectivity index is 2.41. The molecule has 1 rings (SSSR count). The van der Waals surface area contributed by atoms with E-state index in [0.717, 1.165) is 13.0 Å². The van der Waals surface area contributed by atoms with Gasteiger partial charge >= 0.3 is 0 Å². The highest BCUT2D eigenvalue weighted by atomic mass is 16.3. The Bertz CT molecular complexity index is 264. The van der Waals surface area contributed by atoms with Crippen LogP contribution in [0.15, 0.2) is 30.3 Å². The van der Waals surface area contributed by atoms with Crippen LogP contribution in [0, 0.1) is 0 Å². The molecule has 0 saturated heterocycles. The van der Waals surface area contributed by atoms with E-state index in [0.29, 0.717) is 0 Å². The molecule has 0 aliphatic carbocycles. The first-order valence-corrected chi connectivity index (χ1v) is 5.41. The van der Waals surface area contributed by atoms with Gasteiger partial charge in [-0.25, -0.2) is 0 Å². The van der Waals surface area contributed by atoms with Crippen molar-refractivity contribution in [1.82, 2.24) is 5.32 Å². The molecular formula is C12H20N2O. The van der Waals surface area contributed by atoms with E-state index in [2.05, 4.69) is 17.4 Å². The summed E-state index contributed by atoms with van der Waals surface area (Å²) in [5.41, 5.74) is 7.08. The molecule has 84 valence electrons. The summed E-state index contributed by atoms with van der Waals surface area (Å²) in [5.74, 6) is 0. The van der Waals surface area contributed by atoms with E-state index in [1.807, 2.05) is 25.1 Å². The van der Waals surface area contributed by atoms with E-state index in [1.165, 1.54) is 5.56 Å². The van der Waals surface area contributed by atoms with Crippen molar-refractivity contribution in [1.29, 1.82) is 0 Å². The molecule has 0 aliphatic heterocycles. The predicted molar refractivity (Wildman–Crippen MR) is 62.4 cm³/mol. The third-order valence-corrected chi connectivity index (χ3v) is 2.60. The fourth-order valence-corrected chi connectivity index (χ4v) is 1.48. The summed E-state index contributed by atoms with van der Waals surface area (Å²) >= 11 is 0. The second kappa shape index (κ2) is 6.56. The summed E-state index contributed by atoms with van der Waals surface area (Å²) in [7, 11) is 0. The largest absolute Gasteiger partial charge is 0.395 e. The lowest BCUT2D eigenvalue weighted by molar-refractivity contribution is 0.220. The van der Waals surface area contributed by atoms with Crippen molar-refractivity contribution in [2.45, 2.75) is 32.0 Å². The van der Waals surface area contributed by atoms with E-state index in [1.54, 1.807) is 0 Å². The van der Waals surface area contributed by atoms with Gasteiger partial charge in [-0.1, -0.05) is 37.3 Å². The van der Waals surface area contributed by atoms with Crippen LogP contribution < -0.4 is 11.1 Å². The minimum absolute atomic E-state index is 0.0127. The number of benzene rings is 1. The van der Waals surface area contributed by atoms with E-state index < -0.39 is 0 Å². The number of hydrogen-bond acceptors (Lipinski definition) is 3. The van der Waals surface area contributed by atoms with Gasteiger partial charge in [0.05, 0.1) is 6.61 Å². The predicted octanol–water partition coefficient (Wildman–Crippen LogP) is 0.874. The van der Waals surface area contributed by atoms with Gasteiger partial charge in [-0.15, -0.1) is 0 Å². The van der Waals surface area contributed by atoms with Crippen molar-refractivity contribution < 1.29 is 5.11 Å². The molecule has 0 saturated carbocycles. The monoisotopic (exact) mass is 208 g/mol. The molecule has 1 aromatic carbocycles. The molecule has 15 heavy (non-hydrogen) atoms. The van der Waals surface area contributed by atoms with Gasteiger partial charge in [0.25, 0.3) is 0 Å². The molecule has 3 heteroatoms. The van der Waals surface area contributed by atoms with Crippen LogP contribution in [0.25, 0.3) is 0 Å². The van der Waals surface area contributed by atoms with Crippen molar-refractivity contribution in [3.8, 4) is 0 Å². The number of aliphatic hydroxyl groups is 1. The third kappa shape index (κ3) is 4.00. The lowest BCUT2D eigenvalue weighted by Crippen LogP contribution is -2.46. The standard InChI is InChI=1S/C12H20N2O/c1-2-11(13)12(9-15)14-8-10-6-4-3-5-7-10/h3-7,11-12,14-15H,2,8-9,13H2,1H3/t11-,12?/m0/s1. The molecular weight excluding hydrogens is 188 g/mol. The normalized spacial score (nSPS) is 14.9. The third-order valence-electron chi connectivity index (χ3n) is 2.60. The fraction of sp³-hybridized carbons (Fsp3) is 0.500. The van der Waals surface area contributed by atoms with Crippen molar-refractivity contribution in [3.63, 3.8) is 0 Å². The van der Waals surface area contributed by atoms with Crippen molar-refractivity contribution in [2.75, 3.05) is 6.61 Å². The second-order valence-electron chi connectivity index (χ2n) is 3.73. The van der Waals surface area contributed by atoms with Crippen molar-refractivity contribution in [2.24, 2.45) is 5.73 Å². The highest BCUT2D eigenvalue weighted by Crippen LogP contribution is 2.00. The summed E-state index contributed by atoms with van der Waals surface area (Å²) in [6.45, 7) is 2.86. The van der Waals surface area contributed by atoms with Crippen LogP contribution in [-0.2, 0) is 6.54 Å². The topological polar surface area (TPSA) is 58.3 Å². The Labute approximate surface area is 91.3 Å². The zero-order chi connectivity index (χ0) is 11.1. The fourth-order valence-electron chi connectivity index (χ4n) is 1.48. The maximum absolute atomic E-state index is 9.16. The van der Waals surface area contributed by atoms with Gasteiger partial charge in [0.2, 0.25) is 0 Å². The minimum atomic E-state index is -0.0183. The molecule has 0 spiro atoms. The van der Waals surface area contributed by atoms with Gasteiger partial charge in [-0.05, 0) is 12.0 Å². The highest BCUT2D eigenvalue weighted by Gasteiger charge is 2.13. The van der Waals surface area contributed by atoms with Crippen LogP contribution in [0.1, 0.15) is 18.9 Å². The number of hydrogen-bond donors (Lipinski definition) is 3. The zero-order valence-electron chi connectivity index (χ0n) is 9.19. The Morgan fingerprint density at radius 3 is 2.53 bits per heavy atom. The molecule has 0 radical (unpaired) electrons. The summed E-state index contributed by atoms with van der Waals surface area (Å²) in [6, 6.07) is 10.1. The summed E-state index contributed by atoms with van der Waals surface area (Å²) < 4.78 is 0. The molecule has 1 aromatic rings. The quantitative estimate of drug-likeness (QED) is 0.650. The van der Waals surface area contributed by atoms with Crippen LogP contribution in [0.4, 0.5) is 0 Å². The molecule has 0 heterocycles. The Kier molecular flexibility index (Phi) is 5.32. The number of aliphatic hydroxyl groups excluding tert-OH is 1. The first-order valence-electron chi connectivity index (χ1n) is 5.41. The first kappa shape index (κ1) is 12.2. The van der Waals surface area contributed by atoms with Gasteiger partial charge in [0, 0.05) is 18.6 Å². The van der Waals surface area contributed by atoms with Crippen LogP contribution in [-0.4, -0.2) is 23.8 Å². The Hall–Kier alpha value is -0.900. The van der Waals surface area contributed by atoms with Gasteiger partial charge < -0.3 is 16.2 Å². The molecule has 4 N–H and O–H groups in total. The van der Waals surface area contributed by atoms with Crippen LogP contribution in [0.2, 0.25) is 0 Å². The van der Waals surface area contributed by atoms with E-state index in [-0.39, 0.29) is 18.7 Å². The average Bonchev–Trinajstić information content (AvgIpc) is 2.31. The lowest BCUT2D eigenvalue weighted by atomic mass is 10.1. The first-order chi connectivity index (χ1) is 7.27. The van der Waals surface area contributed by atoms with Gasteiger partial charge in [-0.2, -0.15) is 0 Å². The number of nitrogens with one attached hydrogen (secondary N) is 1. The molecule has 0 fully saturated rings. The van der Waals surface area contributed by atoms with Crippen molar-refractivity contribution >= 4 is 0 Å². The highest BCUT2D eigenvalue weighted by molar-refractivity contribution is 5.14. The van der Waals surface area contributed by atoms with E-state index >= 15 is 0 Å². The summed E-state index contributed by atoms with van der Waals surface area (Å²) in [4.78, 5) is 0. The van der Waals surface area contributed by atoms with Crippen molar-refractivity contribution in [3.05, 3.63) is 35.9 Å². The average molecular weight is 208 g/mol. The van der Waals surface area contributed by atoms with E-state index in [9.17, 15) is 0 Å². The smallest absolute Gasteiger partial charge is 0.0599 e. The molecule has 2 atom stereocenters. The summed E-state index contributed by atoms with van der Waals surface area (Å²) in [6.07, 6.45) is 0.868. The van der Waals surface area contributed by atoms with Gasteiger partial charge in [0.1, 0.15) is 0 Å². The Morgan fingerprint density at radius 2 is 2.00 bits per heavy atom. The second-order valence-corrected chi connectivity index (χ2v) is 3.73. The SMILES string of the molecule is CC[C@H](N)C(CO)NCc1ccccc1. The Morgan fingerprint density at radius 1 is 1.33 bits per heavy atom. The molecule has 1 unspecified atom stereocenters. The number of rotatable bonds is 6. The molecule has 3 nitrogen and oxygen atoms in total. The number of nitrogens with two attached hydrogens (primary N) is 1. The zero-order valence-corrected chi connectivity index (χ0v) is 9.19. The summed E-state index contributed by atoms with van der Waals surface area (Å²) in [5, 5.41) is 12.4. The van der Waals surface area contributed by atoms with Crippen LogP contribution >= 0.6 is 0 Å².